The molecule has 138 valence electrons. The fraction of sp³-hybridized carbons (Fsp3) is 0.190. The zero-order valence-corrected chi connectivity index (χ0v) is 15.1. The number of amides is 1. The number of ketones is 1. The number of Topliss-reactive ketones (excluding diaryl/α,β-unsaturated/α-hetero) is 1. The molecule has 2 aromatic carbocycles. The van der Waals surface area contributed by atoms with Crippen LogP contribution in [0.15, 0.2) is 53.1 Å². The van der Waals surface area contributed by atoms with Crippen LogP contribution in [0.1, 0.15) is 29.5 Å². The summed E-state index contributed by atoms with van der Waals surface area (Å²) in [6.45, 7) is 3.56. The Balaban J connectivity index is 1.84. The maximum atomic E-state index is 13.6. The summed E-state index contributed by atoms with van der Waals surface area (Å²) >= 11 is 0. The number of nitrogens with zero attached hydrogens (tertiary/aromatic N) is 1. The number of aromatic nitrogens is 1. The Bertz CT molecular complexity index is 977. The van der Waals surface area contributed by atoms with E-state index in [0.29, 0.717) is 41.1 Å². The second-order valence-corrected chi connectivity index (χ2v) is 6.26. The number of aryl methyl sites for hydroxylation is 1. The first-order chi connectivity index (χ1) is 13.0. The third-order valence-electron chi connectivity index (χ3n) is 4.16. The van der Waals surface area contributed by atoms with Gasteiger partial charge in [-0.1, -0.05) is 29.4 Å². The third-order valence-corrected chi connectivity index (χ3v) is 4.16. The number of nitrogens with one attached hydrogen (secondary N) is 1. The molecule has 1 N–H and O–H groups in total. The van der Waals surface area contributed by atoms with Gasteiger partial charge in [-0.15, -0.1) is 0 Å². The van der Waals surface area contributed by atoms with Gasteiger partial charge in [-0.05, 0) is 43.7 Å². The molecule has 27 heavy (non-hydrogen) atoms. The van der Waals surface area contributed by atoms with Crippen LogP contribution < -0.4 is 5.32 Å². The highest BCUT2D eigenvalue weighted by Gasteiger charge is 2.17. The van der Waals surface area contributed by atoms with E-state index >= 15 is 0 Å². The fourth-order valence-corrected chi connectivity index (χ4v) is 2.79. The van der Waals surface area contributed by atoms with Crippen LogP contribution in [0, 0.1) is 12.7 Å². The van der Waals surface area contributed by atoms with E-state index in [1.807, 2.05) is 0 Å². The number of benzene rings is 2. The van der Waals surface area contributed by atoms with Gasteiger partial charge in [-0.3, -0.25) is 9.59 Å². The van der Waals surface area contributed by atoms with Gasteiger partial charge in [0, 0.05) is 24.1 Å². The third kappa shape index (κ3) is 4.28. The van der Waals surface area contributed by atoms with Gasteiger partial charge in [0.1, 0.15) is 23.1 Å². The molecule has 0 saturated carbocycles. The van der Waals surface area contributed by atoms with Gasteiger partial charge in [0.05, 0.1) is 5.56 Å². The minimum atomic E-state index is -0.336. The Morgan fingerprint density at radius 1 is 1.11 bits per heavy atom. The molecule has 1 amide bonds. The van der Waals surface area contributed by atoms with Gasteiger partial charge >= 0.3 is 0 Å². The molecule has 3 aromatic rings. The average Bonchev–Trinajstić information content (AvgIpc) is 3.03. The van der Waals surface area contributed by atoms with Gasteiger partial charge in [0.15, 0.2) is 0 Å². The number of carbonyl (C=O) groups excluding carboxylic acids is 2. The topological polar surface area (TPSA) is 72.2 Å². The predicted octanol–water partition coefficient (Wildman–Crippen LogP) is 4.17. The van der Waals surface area contributed by atoms with Crippen LogP contribution in [0.5, 0.6) is 0 Å². The summed E-state index contributed by atoms with van der Waals surface area (Å²) < 4.78 is 18.9. The van der Waals surface area contributed by atoms with E-state index in [1.54, 1.807) is 43.3 Å². The average molecular weight is 366 g/mol. The van der Waals surface area contributed by atoms with Crippen LogP contribution in [0.25, 0.3) is 22.4 Å². The number of rotatable bonds is 6. The van der Waals surface area contributed by atoms with Crippen molar-refractivity contribution in [3.63, 3.8) is 0 Å². The Hall–Kier alpha value is -3.28. The second-order valence-electron chi connectivity index (χ2n) is 6.26. The molecule has 0 aliphatic rings. The lowest BCUT2D eigenvalue weighted by Crippen LogP contribution is -2.25. The van der Waals surface area contributed by atoms with Gasteiger partial charge < -0.3 is 9.84 Å². The van der Waals surface area contributed by atoms with E-state index < -0.39 is 0 Å². The molecule has 0 fully saturated rings. The maximum Gasteiger partial charge on any atom is 0.251 e. The molecule has 1 aromatic heterocycles. The monoisotopic (exact) mass is 366 g/mol. The van der Waals surface area contributed by atoms with Crippen LogP contribution >= 0.6 is 0 Å². The summed E-state index contributed by atoms with van der Waals surface area (Å²) in [6, 6.07) is 13.1. The van der Waals surface area contributed by atoms with Crippen LogP contribution in [-0.4, -0.2) is 23.4 Å². The van der Waals surface area contributed by atoms with Crippen molar-refractivity contribution < 1.29 is 18.5 Å². The zero-order valence-electron chi connectivity index (χ0n) is 15.1. The van der Waals surface area contributed by atoms with Gasteiger partial charge in [-0.25, -0.2) is 4.39 Å². The van der Waals surface area contributed by atoms with E-state index in [1.165, 1.54) is 19.1 Å². The van der Waals surface area contributed by atoms with Crippen molar-refractivity contribution in [3.05, 3.63) is 65.7 Å². The van der Waals surface area contributed by atoms with E-state index in [9.17, 15) is 14.0 Å². The predicted molar refractivity (Wildman–Crippen MR) is 99.7 cm³/mol. The minimum Gasteiger partial charge on any atom is -0.360 e. The Kier molecular flexibility index (Phi) is 5.45. The Morgan fingerprint density at radius 3 is 2.52 bits per heavy atom. The molecule has 0 radical (unpaired) electrons. The van der Waals surface area contributed by atoms with Crippen molar-refractivity contribution in [2.24, 2.45) is 0 Å². The number of carbonyl (C=O) groups is 2. The van der Waals surface area contributed by atoms with E-state index in [4.69, 9.17) is 4.52 Å². The van der Waals surface area contributed by atoms with Gasteiger partial charge in [-0.2, -0.15) is 0 Å². The Morgan fingerprint density at radius 2 is 1.85 bits per heavy atom. The summed E-state index contributed by atoms with van der Waals surface area (Å²) in [5.41, 5.74) is 3.21. The van der Waals surface area contributed by atoms with E-state index in [-0.39, 0.29) is 17.5 Å². The van der Waals surface area contributed by atoms with Crippen molar-refractivity contribution in [1.29, 1.82) is 0 Å². The largest absolute Gasteiger partial charge is 0.360 e. The molecule has 0 spiro atoms. The first-order valence-corrected chi connectivity index (χ1v) is 8.56. The maximum absolute atomic E-state index is 13.6. The summed E-state index contributed by atoms with van der Waals surface area (Å²) in [7, 11) is 0. The molecule has 0 aliphatic carbocycles. The molecule has 0 saturated heterocycles. The summed E-state index contributed by atoms with van der Waals surface area (Å²) in [5.74, 6) is 0.0275. The van der Waals surface area contributed by atoms with Crippen molar-refractivity contribution in [2.75, 3.05) is 6.54 Å². The molecule has 0 atom stereocenters. The standard InChI is InChI=1S/C21H19FN2O3/c1-13(25)10-11-23-21(26)16-8-6-15(7-9-16)20-19(14(2)27-24-20)17-4-3-5-18(22)12-17/h3-9,12H,10-11H2,1-2H3,(H,23,26). The quantitative estimate of drug-likeness (QED) is 0.711. The van der Waals surface area contributed by atoms with Crippen LogP contribution in [0.3, 0.4) is 0 Å². The van der Waals surface area contributed by atoms with Gasteiger partial charge in [0.25, 0.3) is 5.91 Å². The van der Waals surface area contributed by atoms with Crippen molar-refractivity contribution in [2.45, 2.75) is 20.3 Å². The van der Waals surface area contributed by atoms with Crippen LogP contribution in [0.2, 0.25) is 0 Å². The highest BCUT2D eigenvalue weighted by Crippen LogP contribution is 2.34. The first kappa shape index (κ1) is 18.5. The normalized spacial score (nSPS) is 10.6. The number of halogens is 1. The Labute approximate surface area is 156 Å². The SMILES string of the molecule is CC(=O)CCNC(=O)c1ccc(-c2noc(C)c2-c2cccc(F)c2)cc1. The summed E-state index contributed by atoms with van der Waals surface area (Å²) in [4.78, 5) is 23.1. The highest BCUT2D eigenvalue weighted by atomic mass is 19.1. The fourth-order valence-electron chi connectivity index (χ4n) is 2.79. The minimum absolute atomic E-state index is 0.0249. The summed E-state index contributed by atoms with van der Waals surface area (Å²) in [5, 5.41) is 6.80. The zero-order chi connectivity index (χ0) is 19.4. The second kappa shape index (κ2) is 7.95. The highest BCUT2D eigenvalue weighted by molar-refractivity contribution is 5.95. The molecule has 1 heterocycles. The van der Waals surface area contributed by atoms with Crippen molar-refractivity contribution in [1.82, 2.24) is 10.5 Å². The lowest BCUT2D eigenvalue weighted by atomic mass is 9.98. The molecular weight excluding hydrogens is 347 g/mol. The van der Waals surface area contributed by atoms with Crippen LogP contribution in [-0.2, 0) is 4.79 Å². The molecule has 0 bridgehead atoms. The lowest BCUT2D eigenvalue weighted by Gasteiger charge is -2.06. The smallest absolute Gasteiger partial charge is 0.251 e. The first-order valence-electron chi connectivity index (χ1n) is 8.56. The molecule has 6 heteroatoms. The molecular formula is C21H19FN2O3. The molecule has 0 unspecified atom stereocenters. The summed E-state index contributed by atoms with van der Waals surface area (Å²) in [6.07, 6.45) is 0.305. The number of hydrogen-bond acceptors (Lipinski definition) is 4. The molecule has 5 nitrogen and oxygen atoms in total. The van der Waals surface area contributed by atoms with Crippen molar-refractivity contribution in [3.8, 4) is 22.4 Å². The van der Waals surface area contributed by atoms with E-state index in [2.05, 4.69) is 10.5 Å². The lowest BCUT2D eigenvalue weighted by molar-refractivity contribution is -0.116. The molecule has 0 aliphatic heterocycles. The number of hydrogen-bond donors (Lipinski definition) is 1. The van der Waals surface area contributed by atoms with Gasteiger partial charge in [0.2, 0.25) is 0 Å². The van der Waals surface area contributed by atoms with Crippen molar-refractivity contribution >= 4 is 11.7 Å². The van der Waals surface area contributed by atoms with Crippen LogP contribution in [0.4, 0.5) is 4.39 Å². The molecule has 3 rings (SSSR count). The van der Waals surface area contributed by atoms with E-state index in [0.717, 1.165) is 5.56 Å².